The lowest BCUT2D eigenvalue weighted by Gasteiger charge is -2.26. The number of fused-ring (bicyclic) bond motifs is 1. The van der Waals surface area contributed by atoms with Gasteiger partial charge in [0, 0.05) is 12.6 Å². The van der Waals surface area contributed by atoms with Crippen LogP contribution in [0.15, 0.2) is 24.3 Å². The zero-order valence-electron chi connectivity index (χ0n) is 10.6. The summed E-state index contributed by atoms with van der Waals surface area (Å²) in [4.78, 5) is 14.2. The number of carbonyl (C=O) groups excluding carboxylic acids is 1. The minimum Gasteiger partial charge on any atom is -0.465 e. The third kappa shape index (κ3) is 2.20. The Kier molecular flexibility index (Phi) is 3.48. The molecule has 1 atom stereocenters. The highest BCUT2D eigenvalue weighted by molar-refractivity contribution is 5.79. The lowest BCUT2D eigenvalue weighted by atomic mass is 10.0. The minimum atomic E-state index is -0.230. The van der Waals surface area contributed by atoms with E-state index in [2.05, 4.69) is 24.8 Å². The fourth-order valence-electron chi connectivity index (χ4n) is 2.38. The van der Waals surface area contributed by atoms with Crippen molar-refractivity contribution in [1.29, 1.82) is 0 Å². The van der Waals surface area contributed by atoms with E-state index in [9.17, 15) is 4.79 Å². The highest BCUT2D eigenvalue weighted by atomic mass is 16.5. The third-order valence-electron chi connectivity index (χ3n) is 3.21. The standard InChI is InChI=1S/C14H19NO2/c1-4-17-14(16)13-12-8-6-5-7-11(12)9-15(13)10(2)3/h5-8,10,13H,4,9H2,1-3H3. The maximum atomic E-state index is 12.1. The van der Waals surface area contributed by atoms with Gasteiger partial charge in [-0.25, -0.2) is 4.79 Å². The summed E-state index contributed by atoms with van der Waals surface area (Å²) in [6, 6.07) is 8.21. The molecule has 0 spiro atoms. The molecule has 0 bridgehead atoms. The van der Waals surface area contributed by atoms with Crippen molar-refractivity contribution in [2.75, 3.05) is 6.61 Å². The van der Waals surface area contributed by atoms with Crippen LogP contribution in [0.2, 0.25) is 0 Å². The second-order valence-corrected chi connectivity index (χ2v) is 4.62. The zero-order valence-corrected chi connectivity index (χ0v) is 10.6. The first-order valence-electron chi connectivity index (χ1n) is 6.15. The van der Waals surface area contributed by atoms with Gasteiger partial charge in [-0.1, -0.05) is 24.3 Å². The molecule has 3 nitrogen and oxygen atoms in total. The van der Waals surface area contributed by atoms with Gasteiger partial charge in [-0.3, -0.25) is 4.90 Å². The van der Waals surface area contributed by atoms with Crippen LogP contribution in [0.4, 0.5) is 0 Å². The normalized spacial score (nSPS) is 19.4. The van der Waals surface area contributed by atoms with Gasteiger partial charge >= 0.3 is 5.97 Å². The molecule has 0 aliphatic carbocycles. The Labute approximate surface area is 102 Å². The molecule has 1 heterocycles. The molecule has 92 valence electrons. The van der Waals surface area contributed by atoms with E-state index in [-0.39, 0.29) is 12.0 Å². The lowest BCUT2D eigenvalue weighted by molar-refractivity contribution is -0.150. The van der Waals surface area contributed by atoms with Crippen molar-refractivity contribution >= 4 is 5.97 Å². The monoisotopic (exact) mass is 233 g/mol. The number of carbonyl (C=O) groups is 1. The van der Waals surface area contributed by atoms with Gasteiger partial charge in [0.15, 0.2) is 0 Å². The predicted molar refractivity (Wildman–Crippen MR) is 66.5 cm³/mol. The molecule has 1 aliphatic heterocycles. The Morgan fingerprint density at radius 1 is 1.47 bits per heavy atom. The van der Waals surface area contributed by atoms with Crippen LogP contribution in [0.1, 0.15) is 37.9 Å². The molecule has 1 unspecified atom stereocenters. The number of nitrogens with zero attached hydrogens (tertiary/aromatic N) is 1. The predicted octanol–water partition coefficient (Wildman–Crippen LogP) is 2.51. The van der Waals surface area contributed by atoms with Crippen molar-refractivity contribution in [3.8, 4) is 0 Å². The number of benzene rings is 1. The maximum absolute atomic E-state index is 12.1. The first kappa shape index (κ1) is 12.1. The third-order valence-corrected chi connectivity index (χ3v) is 3.21. The SMILES string of the molecule is CCOC(=O)C1c2ccccc2CN1C(C)C. The summed E-state index contributed by atoms with van der Waals surface area (Å²) in [5.74, 6) is -0.133. The Balaban J connectivity index is 2.33. The molecule has 0 saturated heterocycles. The molecule has 0 amide bonds. The molecule has 3 heteroatoms. The van der Waals surface area contributed by atoms with Crippen molar-refractivity contribution in [3.63, 3.8) is 0 Å². The fourth-order valence-corrected chi connectivity index (χ4v) is 2.38. The first-order chi connectivity index (χ1) is 8.15. The highest BCUT2D eigenvalue weighted by Gasteiger charge is 2.37. The number of rotatable bonds is 3. The largest absolute Gasteiger partial charge is 0.465 e. The van der Waals surface area contributed by atoms with Gasteiger partial charge in [0.1, 0.15) is 6.04 Å². The molecule has 0 aromatic heterocycles. The second-order valence-electron chi connectivity index (χ2n) is 4.62. The van der Waals surface area contributed by atoms with Crippen LogP contribution in [0.3, 0.4) is 0 Å². The van der Waals surface area contributed by atoms with E-state index in [0.717, 1.165) is 12.1 Å². The molecule has 0 N–H and O–H groups in total. The Hall–Kier alpha value is -1.35. The van der Waals surface area contributed by atoms with Crippen LogP contribution in [0.5, 0.6) is 0 Å². The average molecular weight is 233 g/mol. The van der Waals surface area contributed by atoms with Crippen molar-refractivity contribution in [2.45, 2.75) is 39.4 Å². The fraction of sp³-hybridized carbons (Fsp3) is 0.500. The molecule has 1 aromatic rings. The molecular formula is C14H19NO2. The number of hydrogen-bond acceptors (Lipinski definition) is 3. The molecule has 17 heavy (non-hydrogen) atoms. The van der Waals surface area contributed by atoms with Crippen molar-refractivity contribution in [2.24, 2.45) is 0 Å². The van der Waals surface area contributed by atoms with E-state index in [4.69, 9.17) is 4.74 Å². The Morgan fingerprint density at radius 3 is 2.82 bits per heavy atom. The zero-order chi connectivity index (χ0) is 12.4. The van der Waals surface area contributed by atoms with Crippen molar-refractivity contribution < 1.29 is 9.53 Å². The van der Waals surface area contributed by atoms with Crippen LogP contribution < -0.4 is 0 Å². The van der Waals surface area contributed by atoms with E-state index in [1.54, 1.807) is 0 Å². The minimum absolute atomic E-state index is 0.133. The summed E-state index contributed by atoms with van der Waals surface area (Å²) in [6.45, 7) is 7.33. The molecule has 1 aliphatic rings. The topological polar surface area (TPSA) is 29.5 Å². The second kappa shape index (κ2) is 4.88. The highest BCUT2D eigenvalue weighted by Crippen LogP contribution is 2.35. The van der Waals surface area contributed by atoms with E-state index in [0.29, 0.717) is 12.6 Å². The maximum Gasteiger partial charge on any atom is 0.328 e. The molecule has 1 aromatic carbocycles. The van der Waals surface area contributed by atoms with Gasteiger partial charge in [0.05, 0.1) is 6.61 Å². The van der Waals surface area contributed by atoms with Gasteiger partial charge in [0.25, 0.3) is 0 Å². The summed E-state index contributed by atoms with van der Waals surface area (Å²) < 4.78 is 5.18. The first-order valence-corrected chi connectivity index (χ1v) is 6.15. The summed E-state index contributed by atoms with van der Waals surface area (Å²) in [7, 11) is 0. The molecule has 0 radical (unpaired) electrons. The number of hydrogen-bond donors (Lipinski definition) is 0. The van der Waals surface area contributed by atoms with E-state index < -0.39 is 0 Å². The quantitative estimate of drug-likeness (QED) is 0.751. The van der Waals surface area contributed by atoms with E-state index in [1.165, 1.54) is 5.56 Å². The van der Waals surface area contributed by atoms with Crippen molar-refractivity contribution in [3.05, 3.63) is 35.4 Å². The summed E-state index contributed by atoms with van der Waals surface area (Å²) in [5.41, 5.74) is 2.33. The van der Waals surface area contributed by atoms with Crippen molar-refractivity contribution in [1.82, 2.24) is 4.90 Å². The molecular weight excluding hydrogens is 214 g/mol. The van der Waals surface area contributed by atoms with Gasteiger partial charge in [0.2, 0.25) is 0 Å². The van der Waals surface area contributed by atoms with E-state index >= 15 is 0 Å². The van der Waals surface area contributed by atoms with Crippen LogP contribution in [0.25, 0.3) is 0 Å². The summed E-state index contributed by atoms with van der Waals surface area (Å²) >= 11 is 0. The molecule has 0 saturated carbocycles. The summed E-state index contributed by atoms with van der Waals surface area (Å²) in [5, 5.41) is 0. The van der Waals surface area contributed by atoms with Crippen LogP contribution in [-0.4, -0.2) is 23.5 Å². The van der Waals surface area contributed by atoms with Crippen LogP contribution in [-0.2, 0) is 16.1 Å². The Bertz CT molecular complexity index is 414. The Morgan fingerprint density at radius 2 is 2.18 bits per heavy atom. The van der Waals surface area contributed by atoms with Gasteiger partial charge in [-0.15, -0.1) is 0 Å². The van der Waals surface area contributed by atoms with Gasteiger partial charge in [-0.2, -0.15) is 0 Å². The van der Waals surface area contributed by atoms with E-state index in [1.807, 2.05) is 25.1 Å². The smallest absolute Gasteiger partial charge is 0.328 e. The summed E-state index contributed by atoms with van der Waals surface area (Å²) in [6.07, 6.45) is 0. The van der Waals surface area contributed by atoms with Gasteiger partial charge in [-0.05, 0) is 31.9 Å². The average Bonchev–Trinajstić information content (AvgIpc) is 2.68. The van der Waals surface area contributed by atoms with Gasteiger partial charge < -0.3 is 4.74 Å². The number of esters is 1. The lowest BCUT2D eigenvalue weighted by Crippen LogP contribution is -2.34. The van der Waals surface area contributed by atoms with Crippen LogP contribution >= 0.6 is 0 Å². The van der Waals surface area contributed by atoms with Crippen LogP contribution in [0, 0.1) is 0 Å². The molecule has 0 fully saturated rings. The number of ether oxygens (including phenoxy) is 1. The molecule has 2 rings (SSSR count).